The predicted molar refractivity (Wildman–Crippen MR) is 121 cm³/mol. The second-order valence-electron chi connectivity index (χ2n) is 8.47. The minimum atomic E-state index is -1.05. The first-order valence-electron chi connectivity index (χ1n) is 10.9. The van der Waals surface area contributed by atoms with Crippen molar-refractivity contribution < 1.29 is 18.7 Å². The fraction of sp³-hybridized carbons (Fsp3) is 0.280. The van der Waals surface area contributed by atoms with Crippen LogP contribution in [0.1, 0.15) is 29.7 Å². The molecule has 1 unspecified atom stereocenters. The maximum atomic E-state index is 14.8. The van der Waals surface area contributed by atoms with Gasteiger partial charge in [-0.2, -0.15) is 0 Å². The summed E-state index contributed by atoms with van der Waals surface area (Å²) in [5, 5.41) is 4.41. The Morgan fingerprint density at radius 2 is 2.15 bits per heavy atom. The van der Waals surface area contributed by atoms with Gasteiger partial charge in [0.2, 0.25) is 0 Å². The van der Waals surface area contributed by atoms with E-state index in [1.165, 1.54) is 6.07 Å². The van der Waals surface area contributed by atoms with Gasteiger partial charge in [-0.1, -0.05) is 17.3 Å². The van der Waals surface area contributed by atoms with E-state index in [-0.39, 0.29) is 12.4 Å². The molecule has 6 rings (SSSR count). The van der Waals surface area contributed by atoms with Gasteiger partial charge in [0.1, 0.15) is 22.9 Å². The van der Waals surface area contributed by atoms with E-state index in [2.05, 4.69) is 16.2 Å². The summed E-state index contributed by atoms with van der Waals surface area (Å²) in [7, 11) is 1.66. The van der Waals surface area contributed by atoms with E-state index in [1.54, 1.807) is 25.6 Å². The van der Waals surface area contributed by atoms with Crippen LogP contribution in [0.5, 0.6) is 11.5 Å². The van der Waals surface area contributed by atoms with Crippen LogP contribution >= 0.6 is 0 Å². The van der Waals surface area contributed by atoms with E-state index in [0.717, 1.165) is 53.5 Å². The molecule has 33 heavy (non-hydrogen) atoms. The maximum Gasteiger partial charge on any atom is 0.277 e. The number of imidazole rings is 1. The molecular weight excluding hydrogens is 423 g/mol. The van der Waals surface area contributed by atoms with Gasteiger partial charge in [-0.3, -0.25) is 0 Å². The summed E-state index contributed by atoms with van der Waals surface area (Å²) < 4.78 is 28.2. The molecule has 1 fully saturated rings. The predicted octanol–water partition coefficient (Wildman–Crippen LogP) is 4.40. The number of aryl methyl sites for hydroxylation is 1. The quantitative estimate of drug-likeness (QED) is 0.597. The van der Waals surface area contributed by atoms with Crippen molar-refractivity contribution in [3.8, 4) is 17.2 Å². The number of ether oxygens (including phenoxy) is 2. The van der Waals surface area contributed by atoms with Crippen LogP contribution in [0.2, 0.25) is 0 Å². The fourth-order valence-electron chi connectivity index (χ4n) is 4.87. The molecule has 1 aromatic heterocycles. The average Bonchev–Trinajstić information content (AvgIpc) is 3.53. The standard InChI is InChI=1S/C25H23FN4O3/c1-16-13-29(15-27-16)20-9-8-17(12-22(20)31-2)11-18-5-4-10-30-24(18)28-33-25(30)14-32-21-7-3-6-19(26)23(21)25/h3,6-9,11-13,15H,4-5,10,14H2,1-2H3. The van der Waals surface area contributed by atoms with Crippen molar-refractivity contribution in [1.29, 1.82) is 0 Å². The van der Waals surface area contributed by atoms with E-state index in [0.29, 0.717) is 11.3 Å². The molecule has 0 bridgehead atoms. The highest BCUT2D eigenvalue weighted by molar-refractivity contribution is 6.03. The van der Waals surface area contributed by atoms with Gasteiger partial charge in [-0.05, 0) is 61.2 Å². The zero-order valence-corrected chi connectivity index (χ0v) is 18.4. The van der Waals surface area contributed by atoms with Crippen molar-refractivity contribution in [3.63, 3.8) is 0 Å². The molecule has 0 radical (unpaired) electrons. The molecule has 0 aliphatic carbocycles. The average molecular weight is 446 g/mol. The van der Waals surface area contributed by atoms with Crippen molar-refractivity contribution >= 4 is 11.9 Å². The first-order valence-corrected chi connectivity index (χ1v) is 10.9. The highest BCUT2D eigenvalue weighted by atomic mass is 19.1. The smallest absolute Gasteiger partial charge is 0.277 e. The van der Waals surface area contributed by atoms with Crippen molar-refractivity contribution in [2.45, 2.75) is 25.5 Å². The van der Waals surface area contributed by atoms with Crippen LogP contribution in [0, 0.1) is 12.7 Å². The third-order valence-electron chi connectivity index (χ3n) is 6.41. The van der Waals surface area contributed by atoms with Crippen LogP contribution in [-0.2, 0) is 10.6 Å². The van der Waals surface area contributed by atoms with Crippen LogP contribution in [0.3, 0.4) is 0 Å². The molecule has 2 aromatic carbocycles. The Kier molecular flexibility index (Phi) is 4.43. The van der Waals surface area contributed by atoms with Gasteiger partial charge in [0.25, 0.3) is 5.72 Å². The summed E-state index contributed by atoms with van der Waals surface area (Å²) >= 11 is 0. The van der Waals surface area contributed by atoms with Crippen molar-refractivity contribution in [2.24, 2.45) is 5.16 Å². The van der Waals surface area contributed by atoms with Gasteiger partial charge < -0.3 is 23.8 Å². The molecule has 7 nitrogen and oxygen atoms in total. The van der Waals surface area contributed by atoms with Gasteiger partial charge in [0.05, 0.1) is 24.8 Å². The van der Waals surface area contributed by atoms with Gasteiger partial charge >= 0.3 is 0 Å². The van der Waals surface area contributed by atoms with E-state index in [9.17, 15) is 4.39 Å². The minimum absolute atomic E-state index is 0.205. The number of hydrogen-bond acceptors (Lipinski definition) is 6. The maximum absolute atomic E-state index is 14.8. The summed E-state index contributed by atoms with van der Waals surface area (Å²) in [6.45, 7) is 2.87. The molecule has 3 aliphatic rings. The summed E-state index contributed by atoms with van der Waals surface area (Å²) in [6, 6.07) is 10.9. The molecule has 0 N–H and O–H groups in total. The SMILES string of the molecule is COc1cc(C=C2CCCN3C2=NOC32COc3cccc(F)c32)ccc1-n1cnc(C)c1. The normalized spacial score (nSPS) is 22.1. The molecule has 8 heteroatoms. The minimum Gasteiger partial charge on any atom is -0.495 e. The lowest BCUT2D eigenvalue weighted by Crippen LogP contribution is -2.50. The highest BCUT2D eigenvalue weighted by Crippen LogP contribution is 2.48. The zero-order chi connectivity index (χ0) is 22.6. The van der Waals surface area contributed by atoms with Crippen LogP contribution in [0.4, 0.5) is 4.39 Å². The van der Waals surface area contributed by atoms with Gasteiger partial charge in [0.15, 0.2) is 12.4 Å². The summed E-state index contributed by atoms with van der Waals surface area (Å²) in [5.41, 5.74) is 3.26. The lowest BCUT2D eigenvalue weighted by Gasteiger charge is -2.36. The second-order valence-corrected chi connectivity index (χ2v) is 8.47. The molecule has 3 aromatic rings. The molecule has 3 aliphatic heterocycles. The van der Waals surface area contributed by atoms with Gasteiger partial charge in [0, 0.05) is 12.7 Å². The van der Waals surface area contributed by atoms with Crippen LogP contribution in [-0.4, -0.2) is 40.5 Å². The lowest BCUT2D eigenvalue weighted by molar-refractivity contribution is -0.116. The van der Waals surface area contributed by atoms with Crippen LogP contribution < -0.4 is 9.47 Å². The number of fused-ring (bicyclic) bond motifs is 4. The number of halogens is 1. The Morgan fingerprint density at radius 3 is 2.97 bits per heavy atom. The molecule has 1 saturated heterocycles. The van der Waals surface area contributed by atoms with Gasteiger partial charge in [-0.25, -0.2) is 9.37 Å². The molecule has 0 amide bonds. The molecular formula is C25H23FN4O3. The molecule has 168 valence electrons. The zero-order valence-electron chi connectivity index (χ0n) is 18.4. The van der Waals surface area contributed by atoms with Crippen molar-refractivity contribution in [1.82, 2.24) is 14.5 Å². The first-order chi connectivity index (χ1) is 16.1. The number of rotatable bonds is 3. The summed E-state index contributed by atoms with van der Waals surface area (Å²) in [5.74, 6) is 1.65. The van der Waals surface area contributed by atoms with Crippen molar-refractivity contribution in [2.75, 3.05) is 20.3 Å². The number of methoxy groups -OCH3 is 1. The highest BCUT2D eigenvalue weighted by Gasteiger charge is 2.56. The third kappa shape index (κ3) is 3.01. The van der Waals surface area contributed by atoms with Crippen molar-refractivity contribution in [3.05, 3.63) is 77.1 Å². The van der Waals surface area contributed by atoms with E-state index in [4.69, 9.17) is 14.3 Å². The molecule has 4 heterocycles. The largest absolute Gasteiger partial charge is 0.495 e. The Bertz CT molecular complexity index is 1310. The Morgan fingerprint density at radius 1 is 1.24 bits per heavy atom. The number of amidine groups is 1. The first kappa shape index (κ1) is 19.8. The van der Waals surface area contributed by atoms with E-state index >= 15 is 0 Å². The Hall–Kier alpha value is -3.81. The summed E-state index contributed by atoms with van der Waals surface area (Å²) in [6.07, 6.45) is 7.58. The second kappa shape index (κ2) is 7.37. The Balaban J connectivity index is 1.34. The van der Waals surface area contributed by atoms with E-state index in [1.807, 2.05) is 40.8 Å². The van der Waals surface area contributed by atoms with Crippen LogP contribution in [0.25, 0.3) is 11.8 Å². The topological polar surface area (TPSA) is 61.1 Å². The Labute approximate surface area is 190 Å². The fourth-order valence-corrected chi connectivity index (χ4v) is 4.87. The van der Waals surface area contributed by atoms with Crippen LogP contribution in [0.15, 0.2) is 59.7 Å². The number of piperidine rings is 1. The monoisotopic (exact) mass is 446 g/mol. The van der Waals surface area contributed by atoms with E-state index < -0.39 is 5.72 Å². The molecule has 0 saturated carbocycles. The third-order valence-corrected chi connectivity index (χ3v) is 6.41. The van der Waals surface area contributed by atoms with Gasteiger partial charge in [-0.15, -0.1) is 0 Å². The molecule has 1 spiro atoms. The number of nitrogens with zero attached hydrogens (tertiary/aromatic N) is 4. The lowest BCUT2D eigenvalue weighted by atomic mass is 9.95. The summed E-state index contributed by atoms with van der Waals surface area (Å²) in [4.78, 5) is 12.3. The number of aromatic nitrogens is 2. The number of benzene rings is 2. The number of oxime groups is 1. The number of hydrogen-bond donors (Lipinski definition) is 0. The molecule has 1 atom stereocenters.